The van der Waals surface area contributed by atoms with Crippen molar-refractivity contribution < 1.29 is 23.9 Å². The van der Waals surface area contributed by atoms with Crippen LogP contribution in [0.1, 0.15) is 43.0 Å². The van der Waals surface area contributed by atoms with Gasteiger partial charge < -0.3 is 10.1 Å². The highest BCUT2D eigenvalue weighted by molar-refractivity contribution is 8.15. The standard InChI is InChI=1S/C20H25N3O5S/c1-2-28-19(26)14-6-8-15(9-7-14)21-17(24)12-16-18(25)23(20(27)29-16)13-22-10-4-3-5-11-22/h6-9,16H,2-5,10-13H2,1H3,(H,21,24)/t16-/m1/s1. The normalized spacial score (nSPS) is 20.0. The summed E-state index contributed by atoms with van der Waals surface area (Å²) in [7, 11) is 0. The van der Waals surface area contributed by atoms with E-state index in [-0.39, 0.29) is 30.1 Å². The quantitative estimate of drug-likeness (QED) is 0.679. The van der Waals surface area contributed by atoms with Gasteiger partial charge in [-0.3, -0.25) is 24.2 Å². The molecule has 0 spiro atoms. The number of amides is 3. The number of piperidine rings is 1. The molecule has 0 aromatic heterocycles. The molecular weight excluding hydrogens is 394 g/mol. The molecule has 0 unspecified atom stereocenters. The summed E-state index contributed by atoms with van der Waals surface area (Å²) in [6, 6.07) is 6.32. The van der Waals surface area contributed by atoms with Crippen LogP contribution in [0, 0.1) is 0 Å². The maximum Gasteiger partial charge on any atom is 0.338 e. The molecule has 0 saturated carbocycles. The number of hydrogen-bond acceptors (Lipinski definition) is 7. The largest absolute Gasteiger partial charge is 0.462 e. The summed E-state index contributed by atoms with van der Waals surface area (Å²) in [4.78, 5) is 52.2. The molecule has 2 saturated heterocycles. The Balaban J connectivity index is 1.51. The molecule has 2 aliphatic heterocycles. The third-order valence-electron chi connectivity index (χ3n) is 4.85. The van der Waals surface area contributed by atoms with Crippen molar-refractivity contribution in [2.75, 3.05) is 31.7 Å². The second kappa shape index (κ2) is 9.89. The fraction of sp³-hybridized carbons (Fsp3) is 0.500. The molecule has 3 rings (SSSR count). The van der Waals surface area contributed by atoms with Gasteiger partial charge in [0.2, 0.25) is 11.8 Å². The Bertz CT molecular complexity index is 777. The molecule has 0 radical (unpaired) electrons. The van der Waals surface area contributed by atoms with Crippen molar-refractivity contribution in [3.63, 3.8) is 0 Å². The SMILES string of the molecule is CCOC(=O)c1ccc(NC(=O)C[C@H]2SC(=O)N(CN3CCCCC3)C2=O)cc1. The Hall–Kier alpha value is -2.39. The van der Waals surface area contributed by atoms with Crippen molar-refractivity contribution >= 4 is 40.5 Å². The first-order chi connectivity index (χ1) is 14.0. The lowest BCUT2D eigenvalue weighted by Gasteiger charge is -2.29. The number of carbonyl (C=O) groups is 4. The predicted octanol–water partition coefficient (Wildman–Crippen LogP) is 2.70. The smallest absolute Gasteiger partial charge is 0.338 e. The van der Waals surface area contributed by atoms with Gasteiger partial charge in [-0.05, 0) is 57.1 Å². The zero-order valence-electron chi connectivity index (χ0n) is 16.4. The number of rotatable bonds is 7. The second-order valence-electron chi connectivity index (χ2n) is 7.01. The van der Waals surface area contributed by atoms with Crippen molar-refractivity contribution in [2.45, 2.75) is 37.9 Å². The zero-order valence-corrected chi connectivity index (χ0v) is 17.2. The molecule has 1 atom stereocenters. The molecule has 2 aliphatic rings. The molecule has 1 aromatic carbocycles. The van der Waals surface area contributed by atoms with Crippen molar-refractivity contribution in [3.05, 3.63) is 29.8 Å². The first-order valence-electron chi connectivity index (χ1n) is 9.79. The van der Waals surface area contributed by atoms with Gasteiger partial charge >= 0.3 is 5.97 Å². The maximum absolute atomic E-state index is 12.6. The van der Waals surface area contributed by atoms with E-state index in [1.165, 1.54) is 11.3 Å². The summed E-state index contributed by atoms with van der Waals surface area (Å²) in [5.74, 6) is -1.09. The van der Waals surface area contributed by atoms with Crippen LogP contribution in [-0.2, 0) is 14.3 Å². The fourth-order valence-corrected chi connectivity index (χ4v) is 4.32. The van der Waals surface area contributed by atoms with E-state index in [2.05, 4.69) is 10.2 Å². The number of benzene rings is 1. The van der Waals surface area contributed by atoms with Gasteiger partial charge in [0.1, 0.15) is 5.25 Å². The molecule has 29 heavy (non-hydrogen) atoms. The Kier molecular flexibility index (Phi) is 7.27. The number of nitrogens with zero attached hydrogens (tertiary/aromatic N) is 2. The van der Waals surface area contributed by atoms with E-state index in [0.29, 0.717) is 17.9 Å². The summed E-state index contributed by atoms with van der Waals surface area (Å²) in [5.41, 5.74) is 0.903. The van der Waals surface area contributed by atoms with Crippen LogP contribution in [0.3, 0.4) is 0 Å². The minimum Gasteiger partial charge on any atom is -0.462 e. The van der Waals surface area contributed by atoms with Crippen LogP contribution in [0.2, 0.25) is 0 Å². The highest BCUT2D eigenvalue weighted by Gasteiger charge is 2.41. The highest BCUT2D eigenvalue weighted by Crippen LogP contribution is 2.30. The van der Waals surface area contributed by atoms with Gasteiger partial charge in [0.25, 0.3) is 5.24 Å². The van der Waals surface area contributed by atoms with E-state index in [1.807, 2.05) is 0 Å². The van der Waals surface area contributed by atoms with E-state index in [0.717, 1.165) is 37.7 Å². The first kappa shape index (κ1) is 21.3. The number of likely N-dealkylation sites (tertiary alicyclic amines) is 1. The summed E-state index contributed by atoms with van der Waals surface area (Å²) < 4.78 is 4.92. The second-order valence-corrected chi connectivity index (χ2v) is 8.16. The van der Waals surface area contributed by atoms with Crippen molar-refractivity contribution in [1.82, 2.24) is 9.80 Å². The van der Waals surface area contributed by atoms with Gasteiger partial charge in [-0.1, -0.05) is 18.2 Å². The van der Waals surface area contributed by atoms with E-state index in [4.69, 9.17) is 4.74 Å². The van der Waals surface area contributed by atoms with E-state index >= 15 is 0 Å². The van der Waals surface area contributed by atoms with Crippen LogP contribution >= 0.6 is 11.8 Å². The van der Waals surface area contributed by atoms with Crippen LogP contribution in [0.5, 0.6) is 0 Å². The number of ether oxygens (including phenoxy) is 1. The van der Waals surface area contributed by atoms with Gasteiger partial charge in [0.15, 0.2) is 0 Å². The third kappa shape index (κ3) is 5.57. The zero-order chi connectivity index (χ0) is 20.8. The lowest BCUT2D eigenvalue weighted by molar-refractivity contribution is -0.130. The summed E-state index contributed by atoms with van der Waals surface area (Å²) >= 11 is 0.910. The van der Waals surface area contributed by atoms with Crippen LogP contribution in [0.25, 0.3) is 0 Å². The van der Waals surface area contributed by atoms with E-state index < -0.39 is 11.2 Å². The number of esters is 1. The summed E-state index contributed by atoms with van der Waals surface area (Å²) in [6.07, 6.45) is 3.25. The van der Waals surface area contributed by atoms with Gasteiger partial charge in [-0.15, -0.1) is 0 Å². The molecule has 0 aliphatic carbocycles. The molecule has 8 nitrogen and oxygen atoms in total. The minimum atomic E-state index is -0.703. The number of carbonyl (C=O) groups excluding carboxylic acids is 4. The van der Waals surface area contributed by atoms with Gasteiger partial charge in [-0.25, -0.2) is 4.79 Å². The molecule has 9 heteroatoms. The Morgan fingerprint density at radius 3 is 2.48 bits per heavy atom. The maximum atomic E-state index is 12.6. The van der Waals surface area contributed by atoms with E-state index in [9.17, 15) is 19.2 Å². The number of hydrogen-bond donors (Lipinski definition) is 1. The molecule has 1 aromatic rings. The molecule has 2 fully saturated rings. The predicted molar refractivity (Wildman–Crippen MR) is 110 cm³/mol. The number of anilines is 1. The van der Waals surface area contributed by atoms with Crippen LogP contribution < -0.4 is 5.32 Å². The Morgan fingerprint density at radius 1 is 1.14 bits per heavy atom. The van der Waals surface area contributed by atoms with Crippen molar-refractivity contribution in [2.24, 2.45) is 0 Å². The number of imide groups is 1. The first-order valence-corrected chi connectivity index (χ1v) is 10.7. The van der Waals surface area contributed by atoms with Gasteiger partial charge in [-0.2, -0.15) is 0 Å². The molecule has 1 N–H and O–H groups in total. The summed E-state index contributed by atoms with van der Waals surface area (Å²) in [5, 5.41) is 1.70. The average Bonchev–Trinajstić information content (AvgIpc) is 2.97. The van der Waals surface area contributed by atoms with Gasteiger partial charge in [0, 0.05) is 12.1 Å². The minimum absolute atomic E-state index is 0.0780. The van der Waals surface area contributed by atoms with Crippen LogP contribution in [0.4, 0.5) is 10.5 Å². The number of nitrogens with one attached hydrogen (secondary N) is 1. The monoisotopic (exact) mass is 419 g/mol. The van der Waals surface area contributed by atoms with E-state index in [1.54, 1.807) is 31.2 Å². The molecular formula is C20H25N3O5S. The van der Waals surface area contributed by atoms with Crippen LogP contribution in [0.15, 0.2) is 24.3 Å². The average molecular weight is 420 g/mol. The van der Waals surface area contributed by atoms with Gasteiger partial charge in [0.05, 0.1) is 18.8 Å². The lowest BCUT2D eigenvalue weighted by Crippen LogP contribution is -2.44. The Labute approximate surface area is 173 Å². The fourth-order valence-electron chi connectivity index (χ4n) is 3.34. The highest BCUT2D eigenvalue weighted by atomic mass is 32.2. The number of thioether (sulfide) groups is 1. The van der Waals surface area contributed by atoms with Crippen molar-refractivity contribution in [3.8, 4) is 0 Å². The molecule has 3 amide bonds. The van der Waals surface area contributed by atoms with Crippen LogP contribution in [-0.4, -0.2) is 64.4 Å². The topological polar surface area (TPSA) is 96.0 Å². The molecule has 156 valence electrons. The third-order valence-corrected chi connectivity index (χ3v) is 5.92. The molecule has 2 heterocycles. The summed E-state index contributed by atoms with van der Waals surface area (Å²) in [6.45, 7) is 4.09. The molecule has 0 bridgehead atoms. The van der Waals surface area contributed by atoms with Crippen molar-refractivity contribution in [1.29, 1.82) is 0 Å². The lowest BCUT2D eigenvalue weighted by atomic mass is 10.1. The Morgan fingerprint density at radius 2 is 1.83 bits per heavy atom.